The molecule has 0 spiro atoms. The molecule has 3 heteroatoms. The normalized spacial score (nSPS) is 14.3. The summed E-state index contributed by atoms with van der Waals surface area (Å²) >= 11 is 0. The Labute approximate surface area is 84.9 Å². The van der Waals surface area contributed by atoms with Crippen LogP contribution >= 0.6 is 9.24 Å². The summed E-state index contributed by atoms with van der Waals surface area (Å²) in [6.07, 6.45) is 5.99. The van der Waals surface area contributed by atoms with Crippen LogP contribution in [0.3, 0.4) is 0 Å². The molecule has 0 saturated heterocycles. The van der Waals surface area contributed by atoms with Crippen molar-refractivity contribution in [3.8, 4) is 0 Å². The molecule has 0 aliphatic heterocycles. The number of rotatable bonds is 6. The Hall–Kier alpha value is 0.350. The molecule has 0 radical (unpaired) electrons. The highest BCUT2D eigenvalue weighted by Crippen LogP contribution is 2.20. The lowest BCUT2D eigenvalue weighted by Gasteiger charge is -2.15. The zero-order chi connectivity index (χ0) is 10.7. The van der Waals surface area contributed by atoms with E-state index in [9.17, 15) is 0 Å². The van der Waals surface area contributed by atoms with Gasteiger partial charge in [-0.25, -0.2) is 0 Å². The lowest BCUT2D eigenvalue weighted by atomic mass is 9.96. The molecule has 2 nitrogen and oxygen atoms in total. The van der Waals surface area contributed by atoms with Crippen LogP contribution in [0.2, 0.25) is 0 Å². The van der Waals surface area contributed by atoms with E-state index in [1.54, 1.807) is 0 Å². The van der Waals surface area contributed by atoms with Gasteiger partial charge in [0.05, 0.1) is 5.85 Å². The van der Waals surface area contributed by atoms with Gasteiger partial charge in [0, 0.05) is 7.11 Å². The molecule has 0 fully saturated rings. The van der Waals surface area contributed by atoms with Gasteiger partial charge in [-0.3, -0.25) is 0 Å². The molecule has 13 heavy (non-hydrogen) atoms. The molecule has 82 valence electrons. The fourth-order valence-corrected chi connectivity index (χ4v) is 1.71. The first-order chi connectivity index (χ1) is 6.20. The zero-order valence-electron chi connectivity index (χ0n) is 9.16. The van der Waals surface area contributed by atoms with E-state index in [2.05, 4.69) is 23.1 Å². The molecule has 0 heterocycles. The third-order valence-electron chi connectivity index (χ3n) is 2.12. The summed E-state index contributed by atoms with van der Waals surface area (Å²) in [4.78, 5) is 0. The third-order valence-corrected chi connectivity index (χ3v) is 2.39. The summed E-state index contributed by atoms with van der Waals surface area (Å²) in [5.41, 5.74) is 0. The Morgan fingerprint density at radius 1 is 1.23 bits per heavy atom. The first-order valence-corrected chi connectivity index (χ1v) is 5.75. The molecular formula is C10H25O2P. The summed E-state index contributed by atoms with van der Waals surface area (Å²) < 4.78 is 0. The average molecular weight is 208 g/mol. The Morgan fingerprint density at radius 2 is 1.77 bits per heavy atom. The molecule has 0 aromatic rings. The van der Waals surface area contributed by atoms with Crippen LogP contribution in [0.1, 0.15) is 46.0 Å². The Kier molecular flexibility index (Phi) is 15.0. The van der Waals surface area contributed by atoms with E-state index in [1.807, 2.05) is 0 Å². The van der Waals surface area contributed by atoms with Crippen molar-refractivity contribution in [3.05, 3.63) is 0 Å². The van der Waals surface area contributed by atoms with E-state index in [1.165, 1.54) is 25.7 Å². The van der Waals surface area contributed by atoms with Crippen LogP contribution in [0.15, 0.2) is 0 Å². The van der Waals surface area contributed by atoms with Gasteiger partial charge in [-0.1, -0.05) is 39.5 Å². The maximum atomic E-state index is 9.12. The second-order valence-corrected chi connectivity index (χ2v) is 3.99. The van der Waals surface area contributed by atoms with Crippen molar-refractivity contribution in [2.45, 2.75) is 51.8 Å². The predicted molar refractivity (Wildman–Crippen MR) is 61.8 cm³/mol. The highest BCUT2D eigenvalue weighted by Gasteiger charge is 2.08. The van der Waals surface area contributed by atoms with Crippen LogP contribution in [0.4, 0.5) is 0 Å². The molecule has 0 aliphatic rings. The summed E-state index contributed by atoms with van der Waals surface area (Å²) in [5, 5.41) is 16.1. The Bertz CT molecular complexity index is 87.0. The van der Waals surface area contributed by atoms with Gasteiger partial charge in [-0.05, 0) is 12.3 Å². The first-order valence-electron chi connectivity index (χ1n) is 5.09. The van der Waals surface area contributed by atoms with Crippen LogP contribution in [0, 0.1) is 5.92 Å². The minimum absolute atomic E-state index is 0.197. The van der Waals surface area contributed by atoms with E-state index >= 15 is 0 Å². The topological polar surface area (TPSA) is 40.5 Å². The second kappa shape index (κ2) is 12.3. The molecule has 0 aromatic carbocycles. The maximum absolute atomic E-state index is 9.12. The number of aliphatic hydroxyl groups excluding tert-OH is 2. The zero-order valence-corrected chi connectivity index (χ0v) is 10.3. The van der Waals surface area contributed by atoms with Gasteiger partial charge in [0.15, 0.2) is 0 Å². The highest BCUT2D eigenvalue weighted by atomic mass is 31.0. The van der Waals surface area contributed by atoms with E-state index in [4.69, 9.17) is 10.2 Å². The quantitative estimate of drug-likeness (QED) is 0.658. The van der Waals surface area contributed by atoms with Crippen LogP contribution in [-0.2, 0) is 0 Å². The fourth-order valence-electron chi connectivity index (χ4n) is 1.32. The van der Waals surface area contributed by atoms with Crippen molar-refractivity contribution >= 4 is 9.24 Å². The van der Waals surface area contributed by atoms with Gasteiger partial charge in [0.25, 0.3) is 0 Å². The van der Waals surface area contributed by atoms with Crippen LogP contribution in [0.25, 0.3) is 0 Å². The van der Waals surface area contributed by atoms with Gasteiger partial charge in [0.1, 0.15) is 0 Å². The first kappa shape index (κ1) is 15.8. The van der Waals surface area contributed by atoms with Crippen molar-refractivity contribution in [1.82, 2.24) is 0 Å². The Balaban J connectivity index is 0. The van der Waals surface area contributed by atoms with Gasteiger partial charge >= 0.3 is 0 Å². The van der Waals surface area contributed by atoms with Crippen molar-refractivity contribution < 1.29 is 10.2 Å². The van der Waals surface area contributed by atoms with Gasteiger partial charge in [-0.2, -0.15) is 0 Å². The summed E-state index contributed by atoms with van der Waals surface area (Å²) in [5.74, 6) is 0.527. The Morgan fingerprint density at radius 3 is 2.08 bits per heavy atom. The monoisotopic (exact) mass is 208 g/mol. The molecule has 0 amide bonds. The largest absolute Gasteiger partial charge is 0.400 e. The summed E-state index contributed by atoms with van der Waals surface area (Å²) in [7, 11) is 3.45. The molecule has 0 aromatic heterocycles. The van der Waals surface area contributed by atoms with Crippen LogP contribution in [0.5, 0.6) is 0 Å². The summed E-state index contributed by atoms with van der Waals surface area (Å²) in [6.45, 7) is 4.41. The average Bonchev–Trinajstić information content (AvgIpc) is 2.15. The SMILES string of the molecule is CCCCC(CC)CC(O)P.CO. The molecule has 2 N–H and O–H groups in total. The van der Waals surface area contributed by atoms with E-state index in [0.29, 0.717) is 0 Å². The molecule has 0 rings (SSSR count). The van der Waals surface area contributed by atoms with Crippen molar-refractivity contribution in [3.63, 3.8) is 0 Å². The van der Waals surface area contributed by atoms with Crippen molar-refractivity contribution in [2.24, 2.45) is 5.92 Å². The minimum Gasteiger partial charge on any atom is -0.400 e. The fraction of sp³-hybridized carbons (Fsp3) is 1.00. The van der Waals surface area contributed by atoms with Crippen LogP contribution < -0.4 is 0 Å². The second-order valence-electron chi connectivity index (χ2n) is 3.22. The maximum Gasteiger partial charge on any atom is 0.0676 e. The van der Waals surface area contributed by atoms with Gasteiger partial charge < -0.3 is 10.2 Å². The summed E-state index contributed by atoms with van der Waals surface area (Å²) in [6, 6.07) is 0. The highest BCUT2D eigenvalue weighted by molar-refractivity contribution is 7.17. The predicted octanol–water partition coefficient (Wildman–Crippen LogP) is 2.39. The number of aliphatic hydroxyl groups is 2. The lowest BCUT2D eigenvalue weighted by molar-refractivity contribution is 0.215. The third kappa shape index (κ3) is 12.4. The molecule has 0 aliphatic carbocycles. The van der Waals surface area contributed by atoms with Crippen LogP contribution in [-0.4, -0.2) is 23.2 Å². The molecular weight excluding hydrogens is 183 g/mol. The van der Waals surface area contributed by atoms with E-state index in [0.717, 1.165) is 19.4 Å². The van der Waals surface area contributed by atoms with Crippen molar-refractivity contribution in [1.29, 1.82) is 0 Å². The smallest absolute Gasteiger partial charge is 0.0676 e. The number of hydrogen-bond acceptors (Lipinski definition) is 2. The number of unbranched alkanes of at least 4 members (excludes halogenated alkanes) is 1. The standard InChI is InChI=1S/C9H21OP.CH4O/c1-3-5-6-8(4-2)7-9(10)11;1-2/h8-10H,3-7,11H2,1-2H3;2H,1H3. The molecule has 0 saturated carbocycles. The molecule has 0 bridgehead atoms. The van der Waals surface area contributed by atoms with E-state index < -0.39 is 0 Å². The van der Waals surface area contributed by atoms with Crippen molar-refractivity contribution in [2.75, 3.05) is 7.11 Å². The lowest BCUT2D eigenvalue weighted by Crippen LogP contribution is -2.06. The molecule has 3 unspecified atom stereocenters. The van der Waals surface area contributed by atoms with E-state index in [-0.39, 0.29) is 5.85 Å². The van der Waals surface area contributed by atoms with Gasteiger partial charge in [0.2, 0.25) is 0 Å². The molecule has 3 atom stereocenters. The van der Waals surface area contributed by atoms with Gasteiger partial charge in [-0.15, -0.1) is 9.24 Å². The number of hydrogen-bond donors (Lipinski definition) is 2. The minimum atomic E-state index is -0.197.